The number of amides is 15. The van der Waals surface area contributed by atoms with Gasteiger partial charge in [-0.25, -0.2) is 4.79 Å². The van der Waals surface area contributed by atoms with Gasteiger partial charge >= 0.3 is 11.9 Å². The molecule has 0 unspecified atom stereocenters. The fraction of sp³-hybridized carbons (Fsp3) is 0.598. The van der Waals surface area contributed by atoms with Crippen molar-refractivity contribution in [2.45, 2.75) is 270 Å². The summed E-state index contributed by atoms with van der Waals surface area (Å²) in [5.41, 5.74) is 19.4. The Morgan fingerprint density at radius 2 is 0.774 bits per heavy atom. The van der Waals surface area contributed by atoms with Gasteiger partial charge in [0.25, 0.3) is 0 Å². The third kappa shape index (κ3) is 34.2. The van der Waals surface area contributed by atoms with Crippen LogP contribution in [-0.4, -0.2) is 243 Å². The fourth-order valence-corrected chi connectivity index (χ4v) is 15.1. The molecule has 684 valence electrons. The van der Waals surface area contributed by atoms with Gasteiger partial charge in [0.15, 0.2) is 0 Å². The molecule has 0 spiro atoms. The largest absolute Gasteiger partial charge is 0.481 e. The smallest absolute Gasteiger partial charge is 0.326 e. The zero-order valence-corrected chi connectivity index (χ0v) is 74.0. The molecule has 2 heterocycles. The lowest BCUT2D eigenvalue weighted by Crippen LogP contribution is -2.62. The van der Waals surface area contributed by atoms with Crippen LogP contribution in [0, 0.1) is 29.6 Å². The number of nitrogens with zero attached hydrogens (tertiary/aromatic N) is 2. The third-order valence-corrected chi connectivity index (χ3v) is 21.9. The monoisotopic (exact) mass is 1750 g/mol. The first-order chi connectivity index (χ1) is 58.6. The maximum absolute atomic E-state index is 15.1. The molecule has 3 aromatic rings. The van der Waals surface area contributed by atoms with Crippen LogP contribution in [0.4, 0.5) is 0 Å². The lowest BCUT2D eigenvalue weighted by molar-refractivity contribution is -0.144. The van der Waals surface area contributed by atoms with Gasteiger partial charge in [-0.05, 0) is 142 Å². The Morgan fingerprint density at radius 3 is 1.19 bits per heavy atom. The summed E-state index contributed by atoms with van der Waals surface area (Å²) < 4.78 is 0. The Kier molecular flexibility index (Phi) is 43.3. The van der Waals surface area contributed by atoms with Crippen molar-refractivity contribution >= 4 is 112 Å². The van der Waals surface area contributed by atoms with Crippen molar-refractivity contribution in [3.8, 4) is 0 Å². The summed E-state index contributed by atoms with van der Waals surface area (Å²) in [6.45, 7) is 18.9. The average Bonchev–Trinajstić information content (AvgIpc) is 1.61. The molecule has 124 heavy (non-hydrogen) atoms. The van der Waals surface area contributed by atoms with Gasteiger partial charge in [0.1, 0.15) is 84.6 Å². The second-order valence-electron chi connectivity index (χ2n) is 33.9. The number of aliphatic carboxylic acids is 2. The van der Waals surface area contributed by atoms with Gasteiger partial charge in [0, 0.05) is 32.4 Å². The summed E-state index contributed by atoms with van der Waals surface area (Å²) in [5.74, 6) is -16.9. The second-order valence-corrected chi connectivity index (χ2v) is 34.8. The van der Waals surface area contributed by atoms with E-state index in [0.29, 0.717) is 41.7 Å². The Hall–Kier alpha value is -11.1. The Bertz CT molecular complexity index is 4110. The summed E-state index contributed by atoms with van der Waals surface area (Å²) >= 11 is 1.41. The number of primary amides is 1. The van der Waals surface area contributed by atoms with Crippen molar-refractivity contribution in [2.75, 3.05) is 31.6 Å². The number of carbonyl (C=O) groups is 17. The van der Waals surface area contributed by atoms with E-state index in [1.807, 2.05) is 13.8 Å². The van der Waals surface area contributed by atoms with Crippen LogP contribution in [0.15, 0.2) is 91.0 Å². The molecule has 0 radical (unpaired) electrons. The molecule has 0 saturated carbocycles. The van der Waals surface area contributed by atoms with Gasteiger partial charge in [0.2, 0.25) is 88.6 Å². The maximum Gasteiger partial charge on any atom is 0.326 e. The molecule has 37 heteroatoms. The molecule has 0 aliphatic carbocycles. The first-order valence-corrected chi connectivity index (χ1v) is 44.1. The number of benzene rings is 3. The summed E-state index contributed by atoms with van der Waals surface area (Å²) in [7, 11) is 0. The molecular formula is C87H131N17O19S. The molecule has 2 saturated heterocycles. The molecule has 2 fully saturated rings. The number of nitrogens with one attached hydrogen (secondary N) is 12. The Morgan fingerprint density at radius 1 is 0.403 bits per heavy atom. The molecule has 20 N–H and O–H groups in total. The van der Waals surface area contributed by atoms with Crippen molar-refractivity contribution in [3.05, 3.63) is 108 Å². The molecule has 15 atom stereocenters. The first kappa shape index (κ1) is 103. The SMILES string of the molecule is CSCC[C@H](N)C(=O)N[C@@H](CC(=O)O)C(=O)N[C@H](C(=O)N[C@@H](CC(N)=O)C(=O)N1CCC[C@H]1C(=O)N[C@@H](Cc1ccccc1)C(=O)N[C@@H](CC(C)C)C(=O)N[C@@H](CC(C)C)C(=O)N[C@@H](Cc1ccccc1)C(=O)N[C@@H](CC(C)C)C(=O)N[C@@H](CCCCN)C(=O)N[C@H](C(=O)N1CCC[C@H]1C(=O)N[C@@H](C)C(=O)N[C@@H](Cc1ccccc1)C(=O)O)C(C)C)C(C)C. The highest BCUT2D eigenvalue weighted by Gasteiger charge is 2.45. The average molecular weight is 1750 g/mol. The number of carboxylic acids is 2. The predicted octanol–water partition coefficient (Wildman–Crippen LogP) is 0.628. The van der Waals surface area contributed by atoms with E-state index < -0.39 is 216 Å². The van der Waals surface area contributed by atoms with E-state index in [-0.39, 0.29) is 108 Å². The van der Waals surface area contributed by atoms with Crippen LogP contribution in [0.25, 0.3) is 0 Å². The normalized spacial score (nSPS) is 17.0. The zero-order chi connectivity index (χ0) is 92.2. The van der Waals surface area contributed by atoms with Gasteiger partial charge in [-0.2, -0.15) is 11.8 Å². The van der Waals surface area contributed by atoms with Crippen LogP contribution in [-0.2, 0) is 101 Å². The molecular weight excluding hydrogens is 1620 g/mol. The van der Waals surface area contributed by atoms with Gasteiger partial charge in [-0.3, -0.25) is 76.7 Å². The van der Waals surface area contributed by atoms with E-state index in [4.69, 9.17) is 17.2 Å². The van der Waals surface area contributed by atoms with Crippen LogP contribution in [0.5, 0.6) is 0 Å². The van der Waals surface area contributed by atoms with E-state index in [2.05, 4.69) is 63.8 Å². The highest BCUT2D eigenvalue weighted by Crippen LogP contribution is 2.24. The van der Waals surface area contributed by atoms with E-state index in [1.54, 1.807) is 139 Å². The summed E-state index contributed by atoms with van der Waals surface area (Å²) in [4.78, 5) is 241. The highest BCUT2D eigenvalue weighted by molar-refractivity contribution is 7.98. The number of carboxylic acid groups (broad SMARTS) is 2. The Balaban J connectivity index is 1.35. The quantitative estimate of drug-likeness (QED) is 0.0345. The molecule has 5 rings (SSSR count). The first-order valence-electron chi connectivity index (χ1n) is 42.7. The summed E-state index contributed by atoms with van der Waals surface area (Å²) in [6, 6.07) is 5.53. The lowest BCUT2D eigenvalue weighted by atomic mass is 9.98. The number of carbonyl (C=O) groups excluding carboxylic acids is 15. The van der Waals surface area contributed by atoms with Crippen LogP contribution in [0.1, 0.15) is 176 Å². The van der Waals surface area contributed by atoms with Gasteiger partial charge in [0.05, 0.1) is 18.9 Å². The lowest BCUT2D eigenvalue weighted by Gasteiger charge is -2.32. The zero-order valence-electron chi connectivity index (χ0n) is 73.2. The van der Waals surface area contributed by atoms with Gasteiger partial charge < -0.3 is 101 Å². The van der Waals surface area contributed by atoms with Crippen molar-refractivity contribution in [1.29, 1.82) is 0 Å². The molecule has 15 amide bonds. The number of likely N-dealkylation sites (tertiary alicyclic amines) is 2. The molecule has 2 aliphatic rings. The number of hydrogen-bond acceptors (Lipinski definition) is 20. The summed E-state index contributed by atoms with van der Waals surface area (Å²) in [6.07, 6.45) is 1.76. The Labute approximate surface area is 729 Å². The molecule has 3 aromatic carbocycles. The number of hydrogen-bond donors (Lipinski definition) is 17. The predicted molar refractivity (Wildman–Crippen MR) is 464 cm³/mol. The molecule has 0 aromatic heterocycles. The van der Waals surface area contributed by atoms with E-state index in [0.717, 1.165) is 4.90 Å². The van der Waals surface area contributed by atoms with E-state index in [1.165, 1.54) is 37.4 Å². The minimum absolute atomic E-state index is 0.00305. The molecule has 0 bridgehead atoms. The third-order valence-electron chi connectivity index (χ3n) is 21.2. The van der Waals surface area contributed by atoms with Crippen molar-refractivity contribution in [1.82, 2.24) is 73.6 Å². The number of nitrogens with two attached hydrogens (primary N) is 3. The number of thioether (sulfide) groups is 1. The number of unbranched alkanes of at least 4 members (excludes halogenated alkanes) is 1. The number of rotatable bonds is 52. The van der Waals surface area contributed by atoms with Crippen molar-refractivity contribution in [3.63, 3.8) is 0 Å². The topological polar surface area (TPSA) is 560 Å². The standard InChI is InChI=1S/C87H131N17O19S/c1-48(2)40-59(76(111)92-58(32-22-23-36-88)75(110)102-72(52(9)10)86(121)104-38-25-33-67(104)82(117)91-53(11)73(108)100-66(87(122)123)45-56-30-20-15-21-31-56)95-79(114)62(43-54-26-16-13-17-27-54)97-78(113)61(42-50(5)6)94-77(112)60(41-49(3)4)96-80(115)63(44-55-28-18-14-19-29-55)98-83(118)68-34-24-37-103(68)85(120)65(46-69(90)105)99-84(119)71(51(7)8)101-81(116)64(47-70(106)107)93-74(109)57(89)35-39-124-12/h13-21,26-31,48-53,57-68,71-72H,22-25,32-47,88-89H2,1-12H3,(H2,90,105)(H,91,117)(H,92,111)(H,93,109)(H,94,112)(H,95,114)(H,96,115)(H,97,113)(H,98,118)(H,99,119)(H,100,108)(H,101,116)(H,102,110)(H,106,107)(H,122,123)/t53-,57-,58-,59-,60-,61-,62-,63-,64-,65-,66-,67-,68-,71-,72-/m0/s1. The second kappa shape index (κ2) is 51.9. The van der Waals surface area contributed by atoms with Gasteiger partial charge in [-0.1, -0.05) is 160 Å². The van der Waals surface area contributed by atoms with Crippen LogP contribution in [0.3, 0.4) is 0 Å². The van der Waals surface area contributed by atoms with Crippen molar-refractivity contribution in [2.24, 2.45) is 46.8 Å². The minimum Gasteiger partial charge on any atom is -0.481 e. The van der Waals surface area contributed by atoms with Crippen LogP contribution >= 0.6 is 11.8 Å². The summed E-state index contributed by atoms with van der Waals surface area (Å²) in [5, 5.41) is 51.7. The maximum atomic E-state index is 15.1. The van der Waals surface area contributed by atoms with Crippen molar-refractivity contribution < 1.29 is 91.7 Å². The highest BCUT2D eigenvalue weighted by atomic mass is 32.2. The van der Waals surface area contributed by atoms with Crippen LogP contribution < -0.4 is 81.0 Å². The van der Waals surface area contributed by atoms with Gasteiger partial charge in [-0.15, -0.1) is 0 Å². The molecule has 2 aliphatic heterocycles. The fourth-order valence-electron chi connectivity index (χ4n) is 14.6. The van der Waals surface area contributed by atoms with Crippen LogP contribution in [0.2, 0.25) is 0 Å². The van der Waals surface area contributed by atoms with E-state index in [9.17, 15) is 82.1 Å². The molecule has 36 nitrogen and oxygen atoms in total. The minimum atomic E-state index is -1.72. The van der Waals surface area contributed by atoms with E-state index >= 15 is 9.59 Å².